The van der Waals surface area contributed by atoms with Gasteiger partial charge in [0.15, 0.2) is 0 Å². The minimum absolute atomic E-state index is 0.00829. The van der Waals surface area contributed by atoms with Gasteiger partial charge in [-0.1, -0.05) is 0 Å². The first-order chi connectivity index (χ1) is 7.76. The summed E-state index contributed by atoms with van der Waals surface area (Å²) in [4.78, 5) is 25.0. The van der Waals surface area contributed by atoms with Crippen LogP contribution in [0.25, 0.3) is 0 Å². The fourth-order valence-corrected chi connectivity index (χ4v) is 1.97. The number of hydrogen-bond donors (Lipinski definition) is 0. The normalized spacial score (nSPS) is 24.6. The summed E-state index contributed by atoms with van der Waals surface area (Å²) in [5, 5.41) is 0. The van der Waals surface area contributed by atoms with Crippen molar-refractivity contribution in [2.24, 2.45) is 0 Å². The fraction of sp³-hybridized carbons (Fsp3) is 0.833. The van der Waals surface area contributed by atoms with Gasteiger partial charge in [0.05, 0.1) is 7.11 Å². The molecule has 17 heavy (non-hydrogen) atoms. The average molecular weight is 243 g/mol. The van der Waals surface area contributed by atoms with Crippen LogP contribution in [0.15, 0.2) is 0 Å². The molecular weight excluding hydrogens is 222 g/mol. The Bertz CT molecular complexity index is 308. The smallest absolute Gasteiger partial charge is 0.411 e. The molecule has 0 radical (unpaired) electrons. The number of ether oxygens (including phenoxy) is 2. The Labute approximate surface area is 102 Å². The van der Waals surface area contributed by atoms with Crippen molar-refractivity contribution in [3.8, 4) is 0 Å². The summed E-state index contributed by atoms with van der Waals surface area (Å²) >= 11 is 0. The molecule has 1 unspecified atom stereocenters. The lowest BCUT2D eigenvalue weighted by molar-refractivity contribution is -0.146. The first kappa shape index (κ1) is 13.8. The molecule has 0 bridgehead atoms. The van der Waals surface area contributed by atoms with Gasteiger partial charge in [-0.3, -0.25) is 4.90 Å². The average Bonchev–Trinajstić information content (AvgIpc) is 2.56. The summed E-state index contributed by atoms with van der Waals surface area (Å²) in [6, 6.07) is -0.501. The highest BCUT2D eigenvalue weighted by molar-refractivity contribution is 5.82. The Morgan fingerprint density at radius 1 is 1.24 bits per heavy atom. The minimum atomic E-state index is -0.555. The molecule has 0 aliphatic carbocycles. The van der Waals surface area contributed by atoms with E-state index in [1.165, 1.54) is 12.0 Å². The molecule has 5 heteroatoms. The maximum Gasteiger partial charge on any atom is 0.411 e. The number of methoxy groups -OCH3 is 1. The monoisotopic (exact) mass is 243 g/mol. The van der Waals surface area contributed by atoms with Crippen LogP contribution in [0.4, 0.5) is 4.79 Å². The Morgan fingerprint density at radius 2 is 1.82 bits per heavy atom. The molecular formula is C12H21NO4. The van der Waals surface area contributed by atoms with E-state index in [1.807, 2.05) is 6.92 Å². The van der Waals surface area contributed by atoms with E-state index >= 15 is 0 Å². The lowest BCUT2D eigenvalue weighted by Crippen LogP contribution is -2.46. The first-order valence-corrected chi connectivity index (χ1v) is 5.85. The number of nitrogens with zero attached hydrogens (tertiary/aromatic N) is 1. The third kappa shape index (κ3) is 3.35. The number of likely N-dealkylation sites (tertiary alicyclic amines) is 1. The van der Waals surface area contributed by atoms with Crippen LogP contribution in [0.1, 0.15) is 40.5 Å². The highest BCUT2D eigenvalue weighted by atomic mass is 16.6. The van der Waals surface area contributed by atoms with Crippen molar-refractivity contribution in [2.45, 2.75) is 58.2 Å². The van der Waals surface area contributed by atoms with Crippen LogP contribution in [0.5, 0.6) is 0 Å². The van der Waals surface area contributed by atoms with Crippen LogP contribution < -0.4 is 0 Å². The third-order valence-corrected chi connectivity index (χ3v) is 2.75. The number of esters is 1. The quantitative estimate of drug-likeness (QED) is 0.660. The van der Waals surface area contributed by atoms with Gasteiger partial charge in [-0.05, 0) is 40.5 Å². The Kier molecular flexibility index (Phi) is 4.01. The molecule has 1 rings (SSSR count). The van der Waals surface area contributed by atoms with Gasteiger partial charge in [-0.2, -0.15) is 0 Å². The molecule has 1 amide bonds. The van der Waals surface area contributed by atoms with Gasteiger partial charge in [0.25, 0.3) is 0 Å². The third-order valence-electron chi connectivity index (χ3n) is 2.75. The highest BCUT2D eigenvalue weighted by Crippen LogP contribution is 2.26. The standard InChI is InChI=1S/C12H21NO4/c1-8-6-7-9(10(14)16-5)13(8)11(15)17-12(2,3)4/h8-9H,6-7H2,1-5H3/t8?,9-/m1/s1. The minimum Gasteiger partial charge on any atom is -0.467 e. The topological polar surface area (TPSA) is 55.8 Å². The Hall–Kier alpha value is -1.26. The largest absolute Gasteiger partial charge is 0.467 e. The molecule has 0 saturated carbocycles. The first-order valence-electron chi connectivity index (χ1n) is 5.85. The molecule has 1 aliphatic rings. The van der Waals surface area contributed by atoms with Crippen LogP contribution in [0.3, 0.4) is 0 Å². The summed E-state index contributed by atoms with van der Waals surface area (Å²) in [5.74, 6) is -0.375. The predicted octanol–water partition coefficient (Wildman–Crippen LogP) is 1.95. The maximum atomic E-state index is 12.0. The van der Waals surface area contributed by atoms with E-state index in [4.69, 9.17) is 9.47 Å². The molecule has 0 N–H and O–H groups in total. The number of amides is 1. The molecule has 5 nitrogen and oxygen atoms in total. The molecule has 0 spiro atoms. The zero-order valence-corrected chi connectivity index (χ0v) is 11.1. The van der Waals surface area contributed by atoms with E-state index in [2.05, 4.69) is 0 Å². The highest BCUT2D eigenvalue weighted by Gasteiger charge is 2.41. The van der Waals surface area contributed by atoms with Gasteiger partial charge in [-0.25, -0.2) is 9.59 Å². The van der Waals surface area contributed by atoms with Crippen LogP contribution in [0, 0.1) is 0 Å². The van der Waals surface area contributed by atoms with Gasteiger partial charge in [0.2, 0.25) is 0 Å². The van der Waals surface area contributed by atoms with Gasteiger partial charge in [0, 0.05) is 6.04 Å². The second-order valence-electron chi connectivity index (χ2n) is 5.35. The van der Waals surface area contributed by atoms with E-state index in [9.17, 15) is 9.59 Å². The molecule has 0 aromatic heterocycles. The van der Waals surface area contributed by atoms with E-state index < -0.39 is 17.7 Å². The summed E-state index contributed by atoms with van der Waals surface area (Å²) in [7, 11) is 1.33. The molecule has 1 saturated heterocycles. The van der Waals surface area contributed by atoms with Gasteiger partial charge in [-0.15, -0.1) is 0 Å². The molecule has 2 atom stereocenters. The molecule has 1 heterocycles. The van der Waals surface area contributed by atoms with Gasteiger partial charge in [0.1, 0.15) is 11.6 Å². The summed E-state index contributed by atoms with van der Waals surface area (Å²) in [6.07, 6.45) is 0.976. The Balaban J connectivity index is 2.78. The Morgan fingerprint density at radius 3 is 2.29 bits per heavy atom. The van der Waals surface area contributed by atoms with Crippen LogP contribution in [0.2, 0.25) is 0 Å². The van der Waals surface area contributed by atoms with Gasteiger partial charge < -0.3 is 9.47 Å². The molecule has 0 aromatic carbocycles. The number of carbonyl (C=O) groups is 2. The summed E-state index contributed by atoms with van der Waals surface area (Å²) < 4.78 is 10.0. The number of hydrogen-bond acceptors (Lipinski definition) is 4. The van der Waals surface area contributed by atoms with Crippen molar-refractivity contribution in [1.29, 1.82) is 0 Å². The van der Waals surface area contributed by atoms with Crippen molar-refractivity contribution in [3.63, 3.8) is 0 Å². The van der Waals surface area contributed by atoms with Crippen molar-refractivity contribution in [3.05, 3.63) is 0 Å². The van der Waals surface area contributed by atoms with E-state index in [0.717, 1.165) is 6.42 Å². The number of rotatable bonds is 1. The van der Waals surface area contributed by atoms with Crippen LogP contribution in [-0.4, -0.2) is 41.8 Å². The van der Waals surface area contributed by atoms with Crippen molar-refractivity contribution in [2.75, 3.05) is 7.11 Å². The lowest BCUT2D eigenvalue weighted by atomic mass is 10.2. The number of carbonyl (C=O) groups excluding carboxylic acids is 2. The molecule has 98 valence electrons. The fourth-order valence-electron chi connectivity index (χ4n) is 1.97. The molecule has 0 aromatic rings. The van der Waals surface area contributed by atoms with Crippen LogP contribution in [-0.2, 0) is 14.3 Å². The van der Waals surface area contributed by atoms with Crippen molar-refractivity contribution >= 4 is 12.1 Å². The summed E-state index contributed by atoms with van der Waals surface area (Å²) in [6.45, 7) is 7.32. The van der Waals surface area contributed by atoms with Gasteiger partial charge >= 0.3 is 12.1 Å². The van der Waals surface area contributed by atoms with Crippen molar-refractivity contribution < 1.29 is 19.1 Å². The van der Waals surface area contributed by atoms with Crippen molar-refractivity contribution in [1.82, 2.24) is 4.90 Å². The lowest BCUT2D eigenvalue weighted by Gasteiger charge is -2.30. The zero-order valence-electron chi connectivity index (χ0n) is 11.1. The van der Waals surface area contributed by atoms with E-state index in [1.54, 1.807) is 20.8 Å². The maximum absolute atomic E-state index is 12.0. The zero-order chi connectivity index (χ0) is 13.2. The van der Waals surface area contributed by atoms with Crippen LogP contribution >= 0.6 is 0 Å². The SMILES string of the molecule is COC(=O)[C@H]1CCC(C)N1C(=O)OC(C)(C)C. The van der Waals surface area contributed by atoms with E-state index in [0.29, 0.717) is 6.42 Å². The molecule has 1 aliphatic heterocycles. The van der Waals surface area contributed by atoms with E-state index in [-0.39, 0.29) is 12.0 Å². The second-order valence-corrected chi connectivity index (χ2v) is 5.35. The molecule has 1 fully saturated rings. The second kappa shape index (κ2) is 4.94. The summed E-state index contributed by atoms with van der Waals surface area (Å²) in [5.41, 5.74) is -0.555. The predicted molar refractivity (Wildman–Crippen MR) is 62.6 cm³/mol.